The van der Waals surface area contributed by atoms with Gasteiger partial charge in [0.1, 0.15) is 11.6 Å². The third-order valence-electron chi connectivity index (χ3n) is 5.27. The predicted octanol–water partition coefficient (Wildman–Crippen LogP) is 1.69. The number of nitrogens with one attached hydrogen (secondary N) is 1. The maximum absolute atomic E-state index is 12.7. The minimum absolute atomic E-state index is 0.138. The second kappa shape index (κ2) is 7.41. The molecule has 2 aromatic rings. The molecule has 1 aromatic heterocycles. The molecule has 1 amide bonds. The number of likely N-dealkylation sites (tertiary alicyclic amines) is 1. The van der Waals surface area contributed by atoms with Gasteiger partial charge in [0.15, 0.2) is 0 Å². The summed E-state index contributed by atoms with van der Waals surface area (Å²) in [4.78, 5) is 24.0. The lowest BCUT2D eigenvalue weighted by Crippen LogP contribution is -2.30. The number of benzene rings is 1. The molecule has 0 saturated carbocycles. The molecule has 0 unspecified atom stereocenters. The molecule has 4 rings (SSSR count). The Morgan fingerprint density at radius 3 is 3.15 bits per heavy atom. The second-order valence-corrected chi connectivity index (χ2v) is 6.94. The van der Waals surface area contributed by atoms with Crippen LogP contribution in [0.15, 0.2) is 30.5 Å². The van der Waals surface area contributed by atoms with Crippen molar-refractivity contribution in [3.63, 3.8) is 0 Å². The first-order valence-electron chi connectivity index (χ1n) is 9.19. The first kappa shape index (κ1) is 17.0. The number of ether oxygens (including phenoxy) is 1. The zero-order valence-electron chi connectivity index (χ0n) is 15.1. The summed E-state index contributed by atoms with van der Waals surface area (Å²) >= 11 is 0. The van der Waals surface area contributed by atoms with E-state index in [4.69, 9.17) is 9.72 Å². The lowest BCUT2D eigenvalue weighted by atomic mass is 10.1. The van der Waals surface area contributed by atoms with Crippen molar-refractivity contribution in [1.29, 1.82) is 0 Å². The largest absolute Gasteiger partial charge is 0.496 e. The molecular weight excluding hydrogens is 328 g/mol. The summed E-state index contributed by atoms with van der Waals surface area (Å²) < 4.78 is 5.36. The molecule has 1 fully saturated rings. The fourth-order valence-electron chi connectivity index (χ4n) is 3.77. The van der Waals surface area contributed by atoms with Crippen LogP contribution in [-0.2, 0) is 24.2 Å². The Labute approximate surface area is 153 Å². The summed E-state index contributed by atoms with van der Waals surface area (Å²) in [5, 5.41) is 3.34. The van der Waals surface area contributed by atoms with Gasteiger partial charge in [0.05, 0.1) is 13.5 Å². The number of methoxy groups -OCH3 is 1. The van der Waals surface area contributed by atoms with Gasteiger partial charge in [-0.15, -0.1) is 0 Å². The highest BCUT2D eigenvalue weighted by Gasteiger charge is 2.30. The Kier molecular flexibility index (Phi) is 4.84. The van der Waals surface area contributed by atoms with Gasteiger partial charge in [0.2, 0.25) is 5.91 Å². The van der Waals surface area contributed by atoms with Crippen LogP contribution in [0.2, 0.25) is 0 Å². The Bertz CT molecular complexity index is 808. The van der Waals surface area contributed by atoms with Crippen molar-refractivity contribution in [3.05, 3.63) is 53.1 Å². The van der Waals surface area contributed by atoms with Gasteiger partial charge in [-0.1, -0.05) is 18.2 Å². The predicted molar refractivity (Wildman–Crippen MR) is 98.1 cm³/mol. The zero-order chi connectivity index (χ0) is 17.9. The van der Waals surface area contributed by atoms with Crippen molar-refractivity contribution >= 4 is 5.91 Å². The number of amides is 1. The first-order chi connectivity index (χ1) is 12.7. The van der Waals surface area contributed by atoms with Gasteiger partial charge >= 0.3 is 0 Å². The molecule has 6 nitrogen and oxygen atoms in total. The molecule has 1 saturated heterocycles. The van der Waals surface area contributed by atoms with Crippen LogP contribution < -0.4 is 10.1 Å². The maximum atomic E-state index is 12.7. The van der Waals surface area contributed by atoms with E-state index in [0.717, 1.165) is 55.3 Å². The molecule has 1 aromatic carbocycles. The number of para-hydroxylation sites is 1. The Morgan fingerprint density at radius 1 is 1.38 bits per heavy atom. The molecule has 1 N–H and O–H groups in total. The lowest BCUT2D eigenvalue weighted by Gasteiger charge is -2.19. The number of nitrogens with zero attached hydrogens (tertiary/aromatic N) is 3. The molecule has 0 aliphatic carbocycles. The second-order valence-electron chi connectivity index (χ2n) is 6.94. The summed E-state index contributed by atoms with van der Waals surface area (Å²) in [5.74, 6) is 2.03. The van der Waals surface area contributed by atoms with Gasteiger partial charge in [0.25, 0.3) is 0 Å². The highest BCUT2D eigenvalue weighted by atomic mass is 16.5. The van der Waals surface area contributed by atoms with E-state index in [1.807, 2.05) is 35.4 Å². The Morgan fingerprint density at radius 2 is 2.27 bits per heavy atom. The molecule has 2 aliphatic heterocycles. The van der Waals surface area contributed by atoms with E-state index < -0.39 is 0 Å². The molecule has 26 heavy (non-hydrogen) atoms. The minimum atomic E-state index is 0.138. The number of carbonyl (C=O) groups is 1. The highest BCUT2D eigenvalue weighted by molar-refractivity contribution is 5.79. The summed E-state index contributed by atoms with van der Waals surface area (Å²) in [6.07, 6.45) is 4.19. The Hall–Kier alpha value is -2.47. The molecule has 2 aliphatic rings. The fourth-order valence-corrected chi connectivity index (χ4v) is 3.77. The van der Waals surface area contributed by atoms with Gasteiger partial charge in [0, 0.05) is 61.5 Å². The average molecular weight is 352 g/mol. The van der Waals surface area contributed by atoms with Crippen molar-refractivity contribution in [2.75, 3.05) is 26.7 Å². The highest BCUT2D eigenvalue weighted by Crippen LogP contribution is 2.27. The number of aromatic nitrogens is 2. The number of hydrogen-bond donors (Lipinski definition) is 1. The van der Waals surface area contributed by atoms with Crippen molar-refractivity contribution in [2.45, 2.75) is 31.7 Å². The van der Waals surface area contributed by atoms with Crippen LogP contribution in [0.1, 0.15) is 35.0 Å². The van der Waals surface area contributed by atoms with Crippen molar-refractivity contribution in [1.82, 2.24) is 20.2 Å². The SMILES string of the molecule is COc1ccccc1CC(=O)N1CC[C@H](c2ncc3c(n2)CCNC3)C1. The lowest BCUT2D eigenvalue weighted by molar-refractivity contribution is -0.129. The van der Waals surface area contributed by atoms with Gasteiger partial charge < -0.3 is 15.0 Å². The monoisotopic (exact) mass is 352 g/mol. The smallest absolute Gasteiger partial charge is 0.227 e. The summed E-state index contributed by atoms with van der Waals surface area (Å²) in [6, 6.07) is 7.70. The normalized spacial score (nSPS) is 19.3. The van der Waals surface area contributed by atoms with E-state index >= 15 is 0 Å². The maximum Gasteiger partial charge on any atom is 0.227 e. The summed E-state index contributed by atoms with van der Waals surface area (Å²) in [6.45, 7) is 3.28. The quantitative estimate of drug-likeness (QED) is 0.907. The van der Waals surface area contributed by atoms with E-state index in [1.54, 1.807) is 7.11 Å². The van der Waals surface area contributed by atoms with Gasteiger partial charge in [-0.3, -0.25) is 4.79 Å². The molecule has 0 spiro atoms. The van der Waals surface area contributed by atoms with Crippen LogP contribution in [0.4, 0.5) is 0 Å². The number of rotatable bonds is 4. The summed E-state index contributed by atoms with van der Waals surface area (Å²) in [7, 11) is 1.64. The number of hydrogen-bond acceptors (Lipinski definition) is 5. The van der Waals surface area contributed by atoms with E-state index in [-0.39, 0.29) is 11.8 Å². The van der Waals surface area contributed by atoms with Crippen LogP contribution >= 0.6 is 0 Å². The van der Waals surface area contributed by atoms with Crippen LogP contribution in [-0.4, -0.2) is 47.5 Å². The molecular formula is C20H24N4O2. The number of fused-ring (bicyclic) bond motifs is 1. The minimum Gasteiger partial charge on any atom is -0.496 e. The topological polar surface area (TPSA) is 67.3 Å². The van der Waals surface area contributed by atoms with E-state index in [2.05, 4.69) is 10.3 Å². The van der Waals surface area contributed by atoms with E-state index in [1.165, 1.54) is 5.56 Å². The third-order valence-corrected chi connectivity index (χ3v) is 5.27. The van der Waals surface area contributed by atoms with Crippen LogP contribution in [0.5, 0.6) is 5.75 Å². The Balaban J connectivity index is 1.42. The molecule has 136 valence electrons. The standard InChI is InChI=1S/C20H24N4O2/c1-26-18-5-3-2-4-14(18)10-19(25)24-9-7-15(13-24)20-22-12-16-11-21-8-6-17(16)23-20/h2-5,12,15,21H,6-11,13H2,1H3/t15-/m0/s1. The van der Waals surface area contributed by atoms with Gasteiger partial charge in [-0.05, 0) is 12.5 Å². The van der Waals surface area contributed by atoms with Gasteiger partial charge in [-0.25, -0.2) is 9.97 Å². The zero-order valence-corrected chi connectivity index (χ0v) is 15.1. The van der Waals surface area contributed by atoms with Crippen LogP contribution in [0.3, 0.4) is 0 Å². The molecule has 0 radical (unpaired) electrons. The first-order valence-corrected chi connectivity index (χ1v) is 9.19. The van der Waals surface area contributed by atoms with E-state index in [9.17, 15) is 4.79 Å². The third kappa shape index (κ3) is 3.42. The molecule has 6 heteroatoms. The van der Waals surface area contributed by atoms with Crippen LogP contribution in [0.25, 0.3) is 0 Å². The van der Waals surface area contributed by atoms with Gasteiger partial charge in [-0.2, -0.15) is 0 Å². The average Bonchev–Trinajstić information content (AvgIpc) is 3.18. The molecule has 1 atom stereocenters. The fraction of sp³-hybridized carbons (Fsp3) is 0.450. The number of carbonyl (C=O) groups excluding carboxylic acids is 1. The van der Waals surface area contributed by atoms with Crippen LogP contribution in [0, 0.1) is 0 Å². The van der Waals surface area contributed by atoms with Crippen molar-refractivity contribution < 1.29 is 9.53 Å². The molecule has 0 bridgehead atoms. The van der Waals surface area contributed by atoms with Crippen molar-refractivity contribution in [2.24, 2.45) is 0 Å². The van der Waals surface area contributed by atoms with E-state index in [0.29, 0.717) is 13.0 Å². The summed E-state index contributed by atoms with van der Waals surface area (Å²) in [5.41, 5.74) is 3.29. The van der Waals surface area contributed by atoms with Crippen molar-refractivity contribution in [3.8, 4) is 5.75 Å². The molecule has 3 heterocycles.